The van der Waals surface area contributed by atoms with Crippen molar-refractivity contribution in [2.45, 2.75) is 6.92 Å². The second-order valence-electron chi connectivity index (χ2n) is 4.86. The number of hydrogen-bond acceptors (Lipinski definition) is 5. The number of carbonyl (C=O) groups excluding carboxylic acids is 2. The molecule has 0 atom stereocenters. The van der Waals surface area contributed by atoms with Gasteiger partial charge in [0.1, 0.15) is 24.8 Å². The Kier molecular flexibility index (Phi) is 6.76. The van der Waals surface area contributed by atoms with Gasteiger partial charge in [0.15, 0.2) is 0 Å². The van der Waals surface area contributed by atoms with Crippen LogP contribution in [0, 0.1) is 5.82 Å². The first-order chi connectivity index (χ1) is 12.1. The number of benzene rings is 2. The topological polar surface area (TPSA) is 73.9 Å². The Labute approximate surface area is 144 Å². The summed E-state index contributed by atoms with van der Waals surface area (Å²) in [6, 6.07) is 11.8. The molecule has 0 unspecified atom stereocenters. The van der Waals surface area contributed by atoms with Gasteiger partial charge in [0.05, 0.1) is 12.2 Å². The summed E-state index contributed by atoms with van der Waals surface area (Å²) in [5.41, 5.74) is 0.714. The molecule has 0 aliphatic heterocycles. The molecule has 2 aromatic carbocycles. The van der Waals surface area contributed by atoms with E-state index in [4.69, 9.17) is 14.2 Å². The summed E-state index contributed by atoms with van der Waals surface area (Å²) in [6.45, 7) is 2.12. The summed E-state index contributed by atoms with van der Waals surface area (Å²) >= 11 is 0. The van der Waals surface area contributed by atoms with Crippen molar-refractivity contribution in [2.75, 3.05) is 25.1 Å². The monoisotopic (exact) mass is 347 g/mol. The van der Waals surface area contributed by atoms with Gasteiger partial charge in [-0.1, -0.05) is 6.07 Å². The molecular weight excluding hydrogens is 329 g/mol. The molecule has 0 aromatic heterocycles. The predicted octanol–water partition coefficient (Wildman–Crippen LogP) is 3.63. The molecule has 0 aliphatic rings. The number of nitrogens with one attached hydrogen (secondary N) is 1. The lowest BCUT2D eigenvalue weighted by Crippen LogP contribution is -2.15. The van der Waals surface area contributed by atoms with Crippen LogP contribution in [0.15, 0.2) is 48.5 Å². The normalized spacial score (nSPS) is 10.0. The van der Waals surface area contributed by atoms with Gasteiger partial charge in [-0.05, 0) is 49.4 Å². The summed E-state index contributed by atoms with van der Waals surface area (Å²) in [5.74, 6) is -0.414. The standard InChI is InChI=1S/C18H18FNO5/c1-2-23-18(22)20-15-5-3-4-13(12-15)17(21)25-11-10-24-16-8-6-14(19)7-9-16/h3-9,12H,2,10-11H2,1H3,(H,20,22). The summed E-state index contributed by atoms with van der Waals surface area (Å²) in [4.78, 5) is 23.4. The van der Waals surface area contributed by atoms with Gasteiger partial charge in [0, 0.05) is 5.69 Å². The molecular formula is C18H18FNO5. The minimum Gasteiger partial charge on any atom is -0.490 e. The van der Waals surface area contributed by atoms with E-state index in [0.717, 1.165) is 0 Å². The maximum Gasteiger partial charge on any atom is 0.411 e. The van der Waals surface area contributed by atoms with E-state index in [2.05, 4.69) is 5.32 Å². The Hall–Kier alpha value is -3.09. The van der Waals surface area contributed by atoms with E-state index in [1.807, 2.05) is 0 Å². The quantitative estimate of drug-likeness (QED) is 0.611. The molecule has 0 aliphatic carbocycles. The van der Waals surface area contributed by atoms with E-state index in [0.29, 0.717) is 11.4 Å². The fraction of sp³-hybridized carbons (Fsp3) is 0.222. The Balaban J connectivity index is 1.80. The fourth-order valence-corrected chi connectivity index (χ4v) is 1.92. The van der Waals surface area contributed by atoms with Gasteiger partial charge in [-0.3, -0.25) is 5.32 Å². The number of amides is 1. The van der Waals surface area contributed by atoms with Crippen molar-refractivity contribution in [3.63, 3.8) is 0 Å². The Morgan fingerprint density at radius 2 is 1.80 bits per heavy atom. The van der Waals surface area contributed by atoms with Gasteiger partial charge in [-0.25, -0.2) is 14.0 Å². The average Bonchev–Trinajstić information content (AvgIpc) is 2.60. The third kappa shape index (κ3) is 6.14. The lowest BCUT2D eigenvalue weighted by atomic mass is 10.2. The van der Waals surface area contributed by atoms with Crippen LogP contribution in [-0.2, 0) is 9.47 Å². The molecule has 0 radical (unpaired) electrons. The second-order valence-corrected chi connectivity index (χ2v) is 4.86. The van der Waals surface area contributed by atoms with Gasteiger partial charge in [0.2, 0.25) is 0 Å². The molecule has 2 rings (SSSR count). The molecule has 0 saturated carbocycles. The van der Waals surface area contributed by atoms with Crippen LogP contribution in [0.2, 0.25) is 0 Å². The van der Waals surface area contributed by atoms with Gasteiger partial charge in [-0.2, -0.15) is 0 Å². The van der Waals surface area contributed by atoms with Crippen LogP contribution in [0.3, 0.4) is 0 Å². The van der Waals surface area contributed by atoms with E-state index in [1.54, 1.807) is 25.1 Å². The molecule has 0 fully saturated rings. The highest BCUT2D eigenvalue weighted by Crippen LogP contribution is 2.13. The zero-order valence-electron chi connectivity index (χ0n) is 13.7. The highest BCUT2D eigenvalue weighted by atomic mass is 19.1. The van der Waals surface area contributed by atoms with Crippen molar-refractivity contribution in [2.24, 2.45) is 0 Å². The largest absolute Gasteiger partial charge is 0.490 e. The number of carbonyl (C=O) groups is 2. The molecule has 0 heterocycles. The van der Waals surface area contributed by atoms with Crippen LogP contribution in [-0.4, -0.2) is 31.9 Å². The van der Waals surface area contributed by atoms with Crippen LogP contribution in [0.25, 0.3) is 0 Å². The van der Waals surface area contributed by atoms with Crippen LogP contribution >= 0.6 is 0 Å². The first-order valence-electron chi connectivity index (χ1n) is 7.68. The van der Waals surface area contributed by atoms with Crippen LogP contribution in [0.5, 0.6) is 5.75 Å². The number of halogens is 1. The zero-order valence-corrected chi connectivity index (χ0v) is 13.7. The Bertz CT molecular complexity index is 718. The first-order valence-corrected chi connectivity index (χ1v) is 7.68. The first kappa shape index (κ1) is 18.3. The SMILES string of the molecule is CCOC(=O)Nc1cccc(C(=O)OCCOc2ccc(F)cc2)c1. The third-order valence-electron chi connectivity index (χ3n) is 3.02. The van der Waals surface area contributed by atoms with Crippen molar-refractivity contribution in [1.29, 1.82) is 0 Å². The van der Waals surface area contributed by atoms with Gasteiger partial charge >= 0.3 is 12.1 Å². The fourth-order valence-electron chi connectivity index (χ4n) is 1.92. The second kappa shape index (κ2) is 9.27. The lowest BCUT2D eigenvalue weighted by Gasteiger charge is -2.09. The average molecular weight is 347 g/mol. The highest BCUT2D eigenvalue weighted by Gasteiger charge is 2.09. The van der Waals surface area contributed by atoms with Crippen molar-refractivity contribution in [1.82, 2.24) is 0 Å². The molecule has 2 aromatic rings. The van der Waals surface area contributed by atoms with E-state index in [1.165, 1.54) is 30.3 Å². The summed E-state index contributed by atoms with van der Waals surface area (Å²) in [6.07, 6.45) is -0.597. The van der Waals surface area contributed by atoms with E-state index < -0.39 is 12.1 Å². The van der Waals surface area contributed by atoms with Gasteiger partial charge in [-0.15, -0.1) is 0 Å². The molecule has 0 bridgehead atoms. The Morgan fingerprint density at radius 3 is 2.52 bits per heavy atom. The smallest absolute Gasteiger partial charge is 0.411 e. The number of ether oxygens (including phenoxy) is 3. The Morgan fingerprint density at radius 1 is 1.04 bits per heavy atom. The summed E-state index contributed by atoms with van der Waals surface area (Å²) in [7, 11) is 0. The molecule has 1 N–H and O–H groups in total. The predicted molar refractivity (Wildman–Crippen MR) is 89.3 cm³/mol. The van der Waals surface area contributed by atoms with Gasteiger partial charge < -0.3 is 14.2 Å². The number of anilines is 1. The minimum atomic E-state index is -0.597. The van der Waals surface area contributed by atoms with Crippen molar-refractivity contribution < 1.29 is 28.2 Å². The van der Waals surface area contributed by atoms with Crippen LogP contribution in [0.4, 0.5) is 14.9 Å². The van der Waals surface area contributed by atoms with Crippen molar-refractivity contribution in [3.8, 4) is 5.75 Å². The molecule has 6 nitrogen and oxygen atoms in total. The van der Waals surface area contributed by atoms with E-state index in [9.17, 15) is 14.0 Å². The zero-order chi connectivity index (χ0) is 18.1. The lowest BCUT2D eigenvalue weighted by molar-refractivity contribution is 0.0450. The molecule has 0 saturated heterocycles. The van der Waals surface area contributed by atoms with Crippen molar-refractivity contribution >= 4 is 17.7 Å². The van der Waals surface area contributed by atoms with Crippen molar-refractivity contribution in [3.05, 3.63) is 59.9 Å². The van der Waals surface area contributed by atoms with E-state index in [-0.39, 0.29) is 31.2 Å². The van der Waals surface area contributed by atoms with E-state index >= 15 is 0 Å². The van der Waals surface area contributed by atoms with Gasteiger partial charge in [0.25, 0.3) is 0 Å². The summed E-state index contributed by atoms with van der Waals surface area (Å²) < 4.78 is 28.0. The molecule has 1 amide bonds. The third-order valence-corrected chi connectivity index (χ3v) is 3.02. The number of esters is 1. The van der Waals surface area contributed by atoms with Crippen LogP contribution in [0.1, 0.15) is 17.3 Å². The van der Waals surface area contributed by atoms with Crippen LogP contribution < -0.4 is 10.1 Å². The molecule has 0 spiro atoms. The summed E-state index contributed by atoms with van der Waals surface area (Å²) in [5, 5.41) is 2.51. The molecule has 25 heavy (non-hydrogen) atoms. The number of rotatable bonds is 7. The molecule has 132 valence electrons. The molecule has 7 heteroatoms. The maximum atomic E-state index is 12.8. The highest BCUT2D eigenvalue weighted by molar-refractivity contribution is 5.92. The minimum absolute atomic E-state index is 0.0335. The number of hydrogen-bond donors (Lipinski definition) is 1. The maximum absolute atomic E-state index is 12.8.